The molecule has 2 aliphatic rings. The first-order chi connectivity index (χ1) is 10.6. The molecule has 0 fully saturated rings. The molecule has 2 rings (SSSR count). The summed E-state index contributed by atoms with van der Waals surface area (Å²) in [5.41, 5.74) is 6.13. The van der Waals surface area contributed by atoms with E-state index in [4.69, 9.17) is 5.73 Å². The molecular formula is C17H21N5. The number of hydrogen-bond acceptors (Lipinski definition) is 5. The Morgan fingerprint density at radius 1 is 1.32 bits per heavy atom. The average molecular weight is 295 g/mol. The summed E-state index contributed by atoms with van der Waals surface area (Å²) >= 11 is 0. The third kappa shape index (κ3) is 2.17. The normalized spacial score (nSPS) is 27.1. The van der Waals surface area contributed by atoms with Crippen LogP contribution >= 0.6 is 0 Å². The van der Waals surface area contributed by atoms with Gasteiger partial charge in [-0.2, -0.15) is 15.8 Å². The van der Waals surface area contributed by atoms with Crippen molar-refractivity contribution in [2.75, 3.05) is 19.6 Å². The van der Waals surface area contributed by atoms with Gasteiger partial charge in [0, 0.05) is 24.9 Å². The highest BCUT2D eigenvalue weighted by Gasteiger charge is 2.52. The molecule has 5 nitrogen and oxygen atoms in total. The van der Waals surface area contributed by atoms with Crippen LogP contribution in [0.5, 0.6) is 0 Å². The molecule has 1 heterocycles. The topological polar surface area (TPSA) is 101 Å². The number of fused-ring (bicyclic) bond motifs is 1. The quantitative estimate of drug-likeness (QED) is 0.858. The Balaban J connectivity index is 2.61. The van der Waals surface area contributed by atoms with Crippen LogP contribution in [-0.4, -0.2) is 24.5 Å². The Bertz CT molecular complexity index is 623. The fraction of sp³-hybridized carbons (Fsp3) is 0.588. The second kappa shape index (κ2) is 6.22. The lowest BCUT2D eigenvalue weighted by molar-refractivity contribution is 0.164. The zero-order valence-corrected chi connectivity index (χ0v) is 13.1. The molecule has 22 heavy (non-hydrogen) atoms. The summed E-state index contributed by atoms with van der Waals surface area (Å²) < 4.78 is 0. The number of nitrogens with zero attached hydrogens (tertiary/aromatic N) is 4. The van der Waals surface area contributed by atoms with E-state index < -0.39 is 5.41 Å². The summed E-state index contributed by atoms with van der Waals surface area (Å²) in [6, 6.07) is 6.38. The molecule has 0 saturated heterocycles. The van der Waals surface area contributed by atoms with Gasteiger partial charge in [0.2, 0.25) is 0 Å². The van der Waals surface area contributed by atoms with Crippen LogP contribution in [0, 0.1) is 51.2 Å². The molecule has 0 aromatic heterocycles. The van der Waals surface area contributed by atoms with Crippen LogP contribution in [0.1, 0.15) is 26.7 Å². The summed E-state index contributed by atoms with van der Waals surface area (Å²) in [6.07, 6.45) is 3.79. The van der Waals surface area contributed by atoms with Gasteiger partial charge >= 0.3 is 0 Å². The van der Waals surface area contributed by atoms with Crippen molar-refractivity contribution in [3.05, 3.63) is 22.9 Å². The molecule has 5 heteroatoms. The molecule has 0 aromatic rings. The van der Waals surface area contributed by atoms with E-state index in [-0.39, 0.29) is 17.5 Å². The van der Waals surface area contributed by atoms with Gasteiger partial charge in [-0.1, -0.05) is 19.9 Å². The van der Waals surface area contributed by atoms with E-state index in [2.05, 4.69) is 36.1 Å². The minimum atomic E-state index is -1.39. The maximum Gasteiger partial charge on any atom is 0.187 e. The maximum atomic E-state index is 9.66. The van der Waals surface area contributed by atoms with Crippen LogP contribution in [0.25, 0.3) is 0 Å². The number of nitrogens with two attached hydrogens (primary N) is 1. The molecule has 0 aromatic carbocycles. The molecule has 0 bridgehead atoms. The van der Waals surface area contributed by atoms with E-state index in [1.807, 2.05) is 6.92 Å². The molecule has 2 atom stereocenters. The van der Waals surface area contributed by atoms with Gasteiger partial charge in [0.25, 0.3) is 0 Å². The average Bonchev–Trinajstić information content (AvgIpc) is 2.54. The lowest BCUT2D eigenvalue weighted by Gasteiger charge is -2.45. The van der Waals surface area contributed by atoms with Crippen molar-refractivity contribution in [1.29, 1.82) is 15.8 Å². The number of nitriles is 3. The Hall–Kier alpha value is -2.29. The van der Waals surface area contributed by atoms with Gasteiger partial charge in [0.1, 0.15) is 6.07 Å². The molecule has 114 valence electrons. The van der Waals surface area contributed by atoms with E-state index in [1.54, 1.807) is 0 Å². The predicted molar refractivity (Wildman–Crippen MR) is 82.6 cm³/mol. The van der Waals surface area contributed by atoms with Gasteiger partial charge in [0.15, 0.2) is 5.41 Å². The number of allylic oxidation sites excluding steroid dienone is 2. The summed E-state index contributed by atoms with van der Waals surface area (Å²) in [5.74, 6) is -0.156. The van der Waals surface area contributed by atoms with Crippen molar-refractivity contribution in [2.24, 2.45) is 23.0 Å². The summed E-state index contributed by atoms with van der Waals surface area (Å²) in [4.78, 5) is 2.31. The maximum absolute atomic E-state index is 9.66. The van der Waals surface area contributed by atoms with E-state index in [9.17, 15) is 15.8 Å². The van der Waals surface area contributed by atoms with Gasteiger partial charge in [-0.05, 0) is 25.0 Å². The Morgan fingerprint density at radius 2 is 2.00 bits per heavy atom. The van der Waals surface area contributed by atoms with Crippen molar-refractivity contribution in [1.82, 2.24) is 4.90 Å². The minimum Gasteiger partial charge on any atom is -0.399 e. The van der Waals surface area contributed by atoms with Gasteiger partial charge in [0.05, 0.1) is 23.4 Å². The fourth-order valence-electron chi connectivity index (χ4n) is 3.84. The fourth-order valence-corrected chi connectivity index (χ4v) is 3.84. The highest BCUT2D eigenvalue weighted by molar-refractivity contribution is 5.56. The largest absolute Gasteiger partial charge is 0.399 e. The minimum absolute atomic E-state index is 0.0200. The summed E-state index contributed by atoms with van der Waals surface area (Å²) in [5, 5.41) is 28.8. The predicted octanol–water partition coefficient (Wildman–Crippen LogP) is 2.06. The highest BCUT2D eigenvalue weighted by Crippen LogP contribution is 2.50. The number of rotatable bonds is 3. The molecule has 0 radical (unpaired) electrons. The van der Waals surface area contributed by atoms with Crippen LogP contribution in [0.3, 0.4) is 0 Å². The van der Waals surface area contributed by atoms with Crippen LogP contribution in [0.15, 0.2) is 22.9 Å². The lowest BCUT2D eigenvalue weighted by atomic mass is 9.59. The van der Waals surface area contributed by atoms with Crippen LogP contribution in [0.4, 0.5) is 0 Å². The van der Waals surface area contributed by atoms with Gasteiger partial charge in [-0.15, -0.1) is 0 Å². The van der Waals surface area contributed by atoms with Gasteiger partial charge in [-0.3, -0.25) is 4.90 Å². The first kappa shape index (κ1) is 16.1. The highest BCUT2D eigenvalue weighted by atomic mass is 15.1. The van der Waals surface area contributed by atoms with E-state index in [1.165, 1.54) is 0 Å². The molecule has 0 unspecified atom stereocenters. The Labute approximate surface area is 131 Å². The van der Waals surface area contributed by atoms with Crippen molar-refractivity contribution >= 4 is 0 Å². The lowest BCUT2D eigenvalue weighted by Crippen LogP contribution is -2.49. The molecule has 1 aliphatic heterocycles. The first-order valence-electron chi connectivity index (χ1n) is 7.75. The van der Waals surface area contributed by atoms with Crippen LogP contribution in [-0.2, 0) is 0 Å². The molecule has 0 saturated carbocycles. The monoisotopic (exact) mass is 295 g/mol. The van der Waals surface area contributed by atoms with Crippen LogP contribution in [0.2, 0.25) is 0 Å². The summed E-state index contributed by atoms with van der Waals surface area (Å²) in [6.45, 7) is 6.66. The third-order valence-electron chi connectivity index (χ3n) is 4.89. The zero-order chi connectivity index (χ0) is 16.3. The van der Waals surface area contributed by atoms with Crippen molar-refractivity contribution in [2.45, 2.75) is 26.7 Å². The standard InChI is InChI=1S/C17H21N5/c1-3-6-22-7-5-12-13(8-18)16(21)17(10-19,11-20)15(4-2)14(12)9-22/h5,14-15H,3-4,6-7,9,21H2,1-2H3/t14-,15+/m0/s1. The molecule has 1 aliphatic carbocycles. The second-order valence-electron chi connectivity index (χ2n) is 5.97. The van der Waals surface area contributed by atoms with E-state index in [0.717, 1.165) is 31.6 Å². The van der Waals surface area contributed by atoms with Gasteiger partial charge < -0.3 is 5.73 Å². The molecular weight excluding hydrogens is 274 g/mol. The van der Waals surface area contributed by atoms with E-state index >= 15 is 0 Å². The smallest absolute Gasteiger partial charge is 0.187 e. The molecule has 0 spiro atoms. The van der Waals surface area contributed by atoms with Crippen molar-refractivity contribution < 1.29 is 0 Å². The zero-order valence-electron chi connectivity index (χ0n) is 13.1. The second-order valence-corrected chi connectivity index (χ2v) is 5.97. The molecule has 2 N–H and O–H groups in total. The Morgan fingerprint density at radius 3 is 2.50 bits per heavy atom. The van der Waals surface area contributed by atoms with Crippen LogP contribution < -0.4 is 5.73 Å². The summed E-state index contributed by atoms with van der Waals surface area (Å²) in [7, 11) is 0. The first-order valence-corrected chi connectivity index (χ1v) is 7.75. The molecule has 0 amide bonds. The van der Waals surface area contributed by atoms with Gasteiger partial charge in [-0.25, -0.2) is 0 Å². The third-order valence-corrected chi connectivity index (χ3v) is 4.89. The SMILES string of the molecule is CCCN1CC=C2C(C#N)=C(N)C(C#N)(C#N)[C@H](CC)[C@H]2C1. The van der Waals surface area contributed by atoms with Crippen molar-refractivity contribution in [3.8, 4) is 18.2 Å². The van der Waals surface area contributed by atoms with E-state index in [0.29, 0.717) is 12.0 Å². The Kier molecular flexibility index (Phi) is 4.55. The van der Waals surface area contributed by atoms with Crippen molar-refractivity contribution in [3.63, 3.8) is 0 Å². The number of hydrogen-bond donors (Lipinski definition) is 1.